The van der Waals surface area contributed by atoms with Crippen LogP contribution in [0.25, 0.3) is 0 Å². The first-order valence-corrected chi connectivity index (χ1v) is 9.18. The maximum absolute atomic E-state index is 13.9. The average molecular weight is 306 g/mol. The van der Waals surface area contributed by atoms with Crippen LogP contribution in [-0.2, 0) is 0 Å². The van der Waals surface area contributed by atoms with Gasteiger partial charge in [0.05, 0.1) is 0 Å². The maximum Gasteiger partial charge on any atom is 0.162 e. The fourth-order valence-electron chi connectivity index (χ4n) is 4.55. The van der Waals surface area contributed by atoms with Gasteiger partial charge in [-0.3, -0.25) is 0 Å². The van der Waals surface area contributed by atoms with Gasteiger partial charge in [-0.05, 0) is 55.1 Å². The molecule has 0 aromatic heterocycles. The number of benzene rings is 1. The third-order valence-electron chi connectivity index (χ3n) is 5.98. The van der Waals surface area contributed by atoms with Crippen molar-refractivity contribution in [2.24, 2.45) is 11.8 Å². The molecule has 0 amide bonds. The minimum atomic E-state index is -0.697. The lowest BCUT2D eigenvalue weighted by Gasteiger charge is -2.30. The van der Waals surface area contributed by atoms with Crippen molar-refractivity contribution in [3.8, 4) is 0 Å². The number of hydrogen-bond acceptors (Lipinski definition) is 0. The molecule has 2 aliphatic rings. The number of hydrogen-bond donors (Lipinski definition) is 0. The molecule has 0 atom stereocenters. The van der Waals surface area contributed by atoms with E-state index in [1.165, 1.54) is 63.9 Å². The average Bonchev–Trinajstić information content (AvgIpc) is 2.57. The molecule has 0 nitrogen and oxygen atoms in total. The third-order valence-corrected chi connectivity index (χ3v) is 5.98. The monoisotopic (exact) mass is 306 g/mol. The van der Waals surface area contributed by atoms with Crippen molar-refractivity contribution < 1.29 is 8.78 Å². The van der Waals surface area contributed by atoms with Crippen LogP contribution in [0.4, 0.5) is 8.78 Å². The third kappa shape index (κ3) is 3.88. The van der Waals surface area contributed by atoms with Crippen molar-refractivity contribution in [3.05, 3.63) is 35.4 Å². The van der Waals surface area contributed by atoms with Gasteiger partial charge in [0.15, 0.2) is 11.6 Å². The molecule has 2 saturated carbocycles. The first kappa shape index (κ1) is 16.0. The van der Waals surface area contributed by atoms with E-state index in [-0.39, 0.29) is 5.92 Å². The summed E-state index contributed by atoms with van der Waals surface area (Å²) < 4.78 is 27.3. The van der Waals surface area contributed by atoms with Gasteiger partial charge in [0.1, 0.15) is 0 Å². The van der Waals surface area contributed by atoms with Crippen molar-refractivity contribution >= 4 is 0 Å². The van der Waals surface area contributed by atoms with Crippen LogP contribution in [0.5, 0.6) is 0 Å². The first-order chi connectivity index (χ1) is 10.7. The highest BCUT2D eigenvalue weighted by Crippen LogP contribution is 2.40. The Morgan fingerprint density at radius 2 is 1.41 bits per heavy atom. The Labute approximate surface area is 133 Å². The van der Waals surface area contributed by atoms with E-state index in [4.69, 9.17) is 0 Å². The summed E-state index contributed by atoms with van der Waals surface area (Å²) >= 11 is 0. The summed E-state index contributed by atoms with van der Waals surface area (Å²) in [5, 5.41) is 0. The lowest BCUT2D eigenvalue weighted by molar-refractivity contribution is 0.259. The molecule has 2 heteroatoms. The van der Waals surface area contributed by atoms with E-state index >= 15 is 0 Å². The van der Waals surface area contributed by atoms with Gasteiger partial charge in [-0.15, -0.1) is 0 Å². The van der Waals surface area contributed by atoms with E-state index in [0.29, 0.717) is 5.56 Å². The van der Waals surface area contributed by atoms with Crippen molar-refractivity contribution in [2.45, 2.75) is 76.5 Å². The summed E-state index contributed by atoms with van der Waals surface area (Å²) in [7, 11) is 0. The fraction of sp³-hybridized carbons (Fsp3) is 0.700. The van der Waals surface area contributed by atoms with E-state index in [0.717, 1.165) is 24.7 Å². The molecule has 2 fully saturated rings. The van der Waals surface area contributed by atoms with Gasteiger partial charge in [-0.1, -0.05) is 57.1 Å². The molecule has 22 heavy (non-hydrogen) atoms. The van der Waals surface area contributed by atoms with Crippen LogP contribution in [0.3, 0.4) is 0 Å². The Bertz CT molecular complexity index is 469. The zero-order chi connectivity index (χ0) is 15.4. The Morgan fingerprint density at radius 3 is 2.09 bits per heavy atom. The van der Waals surface area contributed by atoms with Crippen LogP contribution >= 0.6 is 0 Å². The van der Waals surface area contributed by atoms with Gasteiger partial charge in [-0.25, -0.2) is 8.78 Å². The summed E-state index contributed by atoms with van der Waals surface area (Å²) in [6.45, 7) is 0. The van der Waals surface area contributed by atoms with Crippen molar-refractivity contribution in [3.63, 3.8) is 0 Å². The Hall–Kier alpha value is -0.920. The zero-order valence-electron chi connectivity index (χ0n) is 13.5. The minimum absolute atomic E-state index is 0.224. The predicted molar refractivity (Wildman–Crippen MR) is 86.9 cm³/mol. The van der Waals surface area contributed by atoms with Crippen molar-refractivity contribution in [2.75, 3.05) is 0 Å². The molecule has 1 aromatic rings. The van der Waals surface area contributed by atoms with Crippen LogP contribution < -0.4 is 0 Å². The number of rotatable bonds is 4. The largest absolute Gasteiger partial charge is 0.204 e. The molecule has 0 heterocycles. The highest BCUT2D eigenvalue weighted by atomic mass is 19.2. The molecule has 2 aliphatic carbocycles. The van der Waals surface area contributed by atoms with Gasteiger partial charge in [0.25, 0.3) is 0 Å². The molecule has 0 aliphatic heterocycles. The van der Waals surface area contributed by atoms with Crippen molar-refractivity contribution in [1.29, 1.82) is 0 Å². The van der Waals surface area contributed by atoms with Crippen LogP contribution in [0, 0.1) is 23.5 Å². The highest BCUT2D eigenvalue weighted by Gasteiger charge is 2.26. The second-order valence-electron chi connectivity index (χ2n) is 7.44. The quantitative estimate of drug-likeness (QED) is 0.588. The SMILES string of the molecule is Fc1cccc(C2CCC(CCC3CCCCC3)CC2)c1F. The molecule has 0 radical (unpaired) electrons. The van der Waals surface area contributed by atoms with Crippen molar-refractivity contribution in [1.82, 2.24) is 0 Å². The van der Waals surface area contributed by atoms with Gasteiger partial charge < -0.3 is 0 Å². The molecular formula is C20H28F2. The van der Waals surface area contributed by atoms with Crippen LogP contribution in [0.1, 0.15) is 82.1 Å². The fourth-order valence-corrected chi connectivity index (χ4v) is 4.55. The topological polar surface area (TPSA) is 0 Å². The van der Waals surface area contributed by atoms with E-state index in [1.54, 1.807) is 12.1 Å². The molecule has 122 valence electrons. The zero-order valence-corrected chi connectivity index (χ0v) is 13.5. The molecule has 0 unspecified atom stereocenters. The molecular weight excluding hydrogens is 278 g/mol. The van der Waals surface area contributed by atoms with Crippen LogP contribution in [0.15, 0.2) is 18.2 Å². The Morgan fingerprint density at radius 1 is 0.773 bits per heavy atom. The van der Waals surface area contributed by atoms with Gasteiger partial charge >= 0.3 is 0 Å². The lowest BCUT2D eigenvalue weighted by atomic mass is 9.75. The first-order valence-electron chi connectivity index (χ1n) is 9.18. The Kier molecular flexibility index (Phi) is 5.49. The van der Waals surface area contributed by atoms with Gasteiger partial charge in [0, 0.05) is 0 Å². The van der Waals surface area contributed by atoms with Gasteiger partial charge in [0.2, 0.25) is 0 Å². The molecule has 1 aromatic carbocycles. The van der Waals surface area contributed by atoms with E-state index < -0.39 is 11.6 Å². The highest BCUT2D eigenvalue weighted by molar-refractivity contribution is 5.23. The summed E-state index contributed by atoms with van der Waals surface area (Å²) in [5.41, 5.74) is 0.603. The minimum Gasteiger partial charge on any atom is -0.204 e. The summed E-state index contributed by atoms with van der Waals surface area (Å²) in [5.74, 6) is 0.689. The maximum atomic E-state index is 13.9. The Balaban J connectivity index is 1.47. The normalized spacial score (nSPS) is 27.0. The van der Waals surface area contributed by atoms with Gasteiger partial charge in [-0.2, -0.15) is 0 Å². The second kappa shape index (κ2) is 7.57. The molecule has 0 bridgehead atoms. The van der Waals surface area contributed by atoms with Crippen LogP contribution in [0.2, 0.25) is 0 Å². The smallest absolute Gasteiger partial charge is 0.162 e. The van der Waals surface area contributed by atoms with E-state index in [9.17, 15) is 8.78 Å². The second-order valence-corrected chi connectivity index (χ2v) is 7.44. The molecule has 0 N–H and O–H groups in total. The van der Waals surface area contributed by atoms with E-state index in [2.05, 4.69) is 0 Å². The van der Waals surface area contributed by atoms with Crippen LogP contribution in [-0.4, -0.2) is 0 Å². The lowest BCUT2D eigenvalue weighted by Crippen LogP contribution is -2.16. The number of halogens is 2. The summed E-state index contributed by atoms with van der Waals surface area (Å²) in [4.78, 5) is 0. The predicted octanol–water partition coefficient (Wildman–Crippen LogP) is 6.60. The molecule has 3 rings (SSSR count). The standard InChI is InChI=1S/C20H28F2/c21-19-8-4-7-18(20(19)22)17-13-11-16(12-14-17)10-9-15-5-2-1-3-6-15/h4,7-8,15-17H,1-3,5-6,9-14H2. The summed E-state index contributed by atoms with van der Waals surface area (Å²) in [6.07, 6.45) is 14.3. The summed E-state index contributed by atoms with van der Waals surface area (Å²) in [6, 6.07) is 4.63. The molecule has 0 saturated heterocycles. The van der Waals surface area contributed by atoms with E-state index in [1.807, 2.05) is 0 Å². The molecule has 0 spiro atoms.